The monoisotopic (exact) mass is 431 g/mol. The van der Waals surface area contributed by atoms with Crippen LogP contribution in [0.4, 0.5) is 10.5 Å². The number of rotatable bonds is 7. The van der Waals surface area contributed by atoms with Crippen LogP contribution in [0.25, 0.3) is 22.4 Å². The number of urea groups is 1. The maximum Gasteiger partial charge on any atom is 0.319 e. The molecular formula is C24H25N5O3. The molecule has 32 heavy (non-hydrogen) atoms. The molecule has 0 aliphatic carbocycles. The smallest absolute Gasteiger partial charge is 0.319 e. The highest BCUT2D eigenvalue weighted by Gasteiger charge is 2.10. The van der Waals surface area contributed by atoms with E-state index in [0.717, 1.165) is 22.2 Å². The van der Waals surface area contributed by atoms with Crippen LogP contribution in [0.5, 0.6) is 0 Å². The Morgan fingerprint density at radius 1 is 1.09 bits per heavy atom. The molecule has 0 unspecified atom stereocenters. The van der Waals surface area contributed by atoms with Gasteiger partial charge in [-0.15, -0.1) is 0 Å². The average Bonchev–Trinajstić information content (AvgIpc) is 3.41. The zero-order chi connectivity index (χ0) is 22.5. The maximum absolute atomic E-state index is 12.3. The van der Waals surface area contributed by atoms with E-state index < -0.39 is 0 Å². The molecule has 0 spiro atoms. The Kier molecular flexibility index (Phi) is 6.21. The molecule has 3 amide bonds. The topological polar surface area (TPSA) is 92.4 Å². The second-order valence-electron chi connectivity index (χ2n) is 7.65. The van der Waals surface area contributed by atoms with Gasteiger partial charge in [0.1, 0.15) is 12.8 Å². The maximum atomic E-state index is 12.3. The number of likely N-dealkylation sites (N-methyl/N-ethyl adjacent to an activating group) is 1. The van der Waals surface area contributed by atoms with Gasteiger partial charge in [0.05, 0.1) is 5.69 Å². The molecule has 0 atom stereocenters. The molecule has 4 aromatic rings. The van der Waals surface area contributed by atoms with E-state index in [1.807, 2.05) is 65.4 Å². The molecule has 4 rings (SSSR count). The van der Waals surface area contributed by atoms with Crippen LogP contribution in [0.2, 0.25) is 0 Å². The first kappa shape index (κ1) is 21.2. The van der Waals surface area contributed by atoms with E-state index in [2.05, 4.69) is 15.6 Å². The number of benzene rings is 2. The fraction of sp³-hybridized carbons (Fsp3) is 0.208. The summed E-state index contributed by atoms with van der Waals surface area (Å²) in [5.74, 6) is 0.588. The molecule has 164 valence electrons. The van der Waals surface area contributed by atoms with Gasteiger partial charge in [-0.3, -0.25) is 4.79 Å². The second kappa shape index (κ2) is 9.38. The first-order chi connectivity index (χ1) is 15.5. The highest BCUT2D eigenvalue weighted by molar-refractivity contribution is 5.93. The lowest BCUT2D eigenvalue weighted by Crippen LogP contribution is -2.30. The van der Waals surface area contributed by atoms with Gasteiger partial charge in [0.15, 0.2) is 0 Å². The lowest BCUT2D eigenvalue weighted by molar-refractivity contribution is -0.129. The fourth-order valence-corrected chi connectivity index (χ4v) is 3.32. The summed E-state index contributed by atoms with van der Waals surface area (Å²) in [6.07, 6.45) is 4.05. The van der Waals surface area contributed by atoms with Crippen molar-refractivity contribution in [3.8, 4) is 11.5 Å². The minimum atomic E-state index is -0.293. The SMILES string of the molecule is CN(C)C(=O)Cn1ccc2cc(NC(=O)NCCc3coc(-c4ccccc4)n3)ccc21. The van der Waals surface area contributed by atoms with Crippen LogP contribution < -0.4 is 10.6 Å². The molecule has 0 aliphatic rings. The predicted octanol–water partition coefficient (Wildman–Crippen LogP) is 3.75. The summed E-state index contributed by atoms with van der Waals surface area (Å²) in [6.45, 7) is 0.704. The molecule has 0 fully saturated rings. The van der Waals surface area contributed by atoms with Gasteiger partial charge >= 0.3 is 6.03 Å². The molecule has 2 aromatic heterocycles. The summed E-state index contributed by atoms with van der Waals surface area (Å²) in [5.41, 5.74) is 3.31. The van der Waals surface area contributed by atoms with Crippen molar-refractivity contribution in [3.63, 3.8) is 0 Å². The highest BCUT2D eigenvalue weighted by Crippen LogP contribution is 2.21. The standard InChI is InChI=1S/C24H25N5O3/c1-28(2)22(30)15-29-13-11-18-14-19(8-9-21(18)29)27-24(31)25-12-10-20-16-32-23(26-20)17-6-4-3-5-7-17/h3-9,11,13-14,16H,10,12,15H2,1-2H3,(H2,25,27,31). The largest absolute Gasteiger partial charge is 0.444 e. The zero-order valence-corrected chi connectivity index (χ0v) is 18.0. The van der Waals surface area contributed by atoms with Crippen molar-refractivity contribution in [2.45, 2.75) is 13.0 Å². The molecule has 8 heteroatoms. The Balaban J connectivity index is 1.29. The Labute approximate surface area is 185 Å². The van der Waals surface area contributed by atoms with Gasteiger partial charge < -0.3 is 24.5 Å². The van der Waals surface area contributed by atoms with E-state index in [-0.39, 0.29) is 18.5 Å². The summed E-state index contributed by atoms with van der Waals surface area (Å²) in [6, 6.07) is 16.9. The number of nitrogens with zero attached hydrogens (tertiary/aromatic N) is 3. The lowest BCUT2D eigenvalue weighted by atomic mass is 10.2. The zero-order valence-electron chi connectivity index (χ0n) is 18.0. The third-order valence-corrected chi connectivity index (χ3v) is 5.07. The number of hydrogen-bond donors (Lipinski definition) is 2. The number of amides is 3. The second-order valence-corrected chi connectivity index (χ2v) is 7.65. The number of oxazole rings is 1. The lowest BCUT2D eigenvalue weighted by Gasteiger charge is -2.12. The van der Waals surface area contributed by atoms with Crippen LogP contribution in [-0.4, -0.2) is 47.0 Å². The molecule has 0 aliphatic heterocycles. The molecule has 0 radical (unpaired) electrons. The Hall–Kier alpha value is -4.07. The van der Waals surface area contributed by atoms with Gasteiger partial charge in [-0.25, -0.2) is 9.78 Å². The summed E-state index contributed by atoms with van der Waals surface area (Å²) < 4.78 is 7.41. The van der Waals surface area contributed by atoms with Crippen LogP contribution in [0.1, 0.15) is 5.69 Å². The van der Waals surface area contributed by atoms with Crippen LogP contribution in [0.3, 0.4) is 0 Å². The van der Waals surface area contributed by atoms with Crippen molar-refractivity contribution >= 4 is 28.5 Å². The quantitative estimate of drug-likeness (QED) is 0.466. The summed E-state index contributed by atoms with van der Waals surface area (Å²) >= 11 is 0. The van der Waals surface area contributed by atoms with Gasteiger partial charge in [-0.1, -0.05) is 18.2 Å². The number of carbonyl (C=O) groups is 2. The van der Waals surface area contributed by atoms with E-state index in [0.29, 0.717) is 24.5 Å². The van der Waals surface area contributed by atoms with Crippen molar-refractivity contribution in [2.24, 2.45) is 0 Å². The normalized spacial score (nSPS) is 10.8. The summed E-state index contributed by atoms with van der Waals surface area (Å²) in [7, 11) is 3.47. The summed E-state index contributed by atoms with van der Waals surface area (Å²) in [5, 5.41) is 6.62. The first-order valence-electron chi connectivity index (χ1n) is 10.3. The van der Waals surface area contributed by atoms with Crippen molar-refractivity contribution < 1.29 is 14.0 Å². The number of carbonyl (C=O) groups excluding carboxylic acids is 2. The van der Waals surface area contributed by atoms with Crippen molar-refractivity contribution in [1.29, 1.82) is 0 Å². The number of fused-ring (bicyclic) bond motifs is 1. The Morgan fingerprint density at radius 3 is 2.69 bits per heavy atom. The van der Waals surface area contributed by atoms with Crippen LogP contribution in [0, 0.1) is 0 Å². The van der Waals surface area contributed by atoms with Gasteiger partial charge in [0.2, 0.25) is 11.8 Å². The number of anilines is 1. The van der Waals surface area contributed by atoms with Gasteiger partial charge in [0.25, 0.3) is 0 Å². The molecule has 0 bridgehead atoms. The minimum Gasteiger partial charge on any atom is -0.444 e. The van der Waals surface area contributed by atoms with Crippen molar-refractivity contribution in [3.05, 3.63) is 72.8 Å². The van der Waals surface area contributed by atoms with Gasteiger partial charge in [-0.2, -0.15) is 0 Å². The molecule has 8 nitrogen and oxygen atoms in total. The summed E-state index contributed by atoms with van der Waals surface area (Å²) in [4.78, 5) is 30.3. The molecular weight excluding hydrogens is 406 g/mol. The van der Waals surface area contributed by atoms with Crippen LogP contribution >= 0.6 is 0 Å². The van der Waals surface area contributed by atoms with E-state index in [9.17, 15) is 9.59 Å². The van der Waals surface area contributed by atoms with E-state index in [1.165, 1.54) is 0 Å². The minimum absolute atomic E-state index is 0.0204. The molecule has 2 aromatic carbocycles. The van der Waals surface area contributed by atoms with E-state index in [4.69, 9.17) is 4.42 Å². The van der Waals surface area contributed by atoms with Crippen molar-refractivity contribution in [1.82, 2.24) is 19.8 Å². The third kappa shape index (κ3) is 4.97. The van der Waals surface area contributed by atoms with Crippen LogP contribution in [0.15, 0.2) is 71.5 Å². The third-order valence-electron chi connectivity index (χ3n) is 5.07. The predicted molar refractivity (Wildman–Crippen MR) is 123 cm³/mol. The van der Waals surface area contributed by atoms with Gasteiger partial charge in [-0.05, 0) is 36.4 Å². The number of nitrogens with one attached hydrogen (secondary N) is 2. The van der Waals surface area contributed by atoms with E-state index in [1.54, 1.807) is 25.3 Å². The van der Waals surface area contributed by atoms with E-state index >= 15 is 0 Å². The fourth-order valence-electron chi connectivity index (χ4n) is 3.32. The molecule has 2 N–H and O–H groups in total. The average molecular weight is 431 g/mol. The highest BCUT2D eigenvalue weighted by atomic mass is 16.3. The molecule has 2 heterocycles. The first-order valence-corrected chi connectivity index (χ1v) is 10.3. The number of hydrogen-bond acceptors (Lipinski definition) is 4. The molecule has 0 saturated heterocycles. The number of aromatic nitrogens is 2. The van der Waals surface area contributed by atoms with Gasteiger partial charge in [0, 0.05) is 55.4 Å². The van der Waals surface area contributed by atoms with Crippen LogP contribution in [-0.2, 0) is 17.8 Å². The Morgan fingerprint density at radius 2 is 1.91 bits per heavy atom. The molecule has 0 saturated carbocycles. The van der Waals surface area contributed by atoms with Crippen molar-refractivity contribution in [2.75, 3.05) is 26.0 Å². The Bertz CT molecular complexity index is 1230.